The number of ketones is 1. The van der Waals surface area contributed by atoms with Gasteiger partial charge in [-0.2, -0.15) is 39.5 Å². The molecule has 3 N–H and O–H groups in total. The van der Waals surface area contributed by atoms with Crippen molar-refractivity contribution in [1.82, 2.24) is 15.1 Å². The van der Waals surface area contributed by atoms with Crippen LogP contribution in [0.5, 0.6) is 0 Å². The molecular formula is C29H62B31F9N3O3PdSi. The zero-order valence-electron chi connectivity index (χ0n) is 47.3. The number of carbonyl (C=O) groups excluding carboxylic acids is 1. The van der Waals surface area contributed by atoms with Crippen LogP contribution in [0.2, 0.25) is 19.6 Å². The maximum atomic E-state index is 12.2. The van der Waals surface area contributed by atoms with Gasteiger partial charge in [-0.15, -0.1) is 0 Å². The van der Waals surface area contributed by atoms with Crippen LogP contribution in [0.3, 0.4) is 0 Å². The summed E-state index contributed by atoms with van der Waals surface area (Å²) in [6.45, 7) is 18.8. The number of Topliss-reactive ketones (excluding diaryl/α,β-unsaturated/α-hetero) is 1. The first-order valence-corrected chi connectivity index (χ1v) is 29.1. The zero-order chi connectivity index (χ0) is 61.7. The van der Waals surface area contributed by atoms with Crippen molar-refractivity contribution in [2.24, 2.45) is 0 Å². The Labute approximate surface area is 504 Å². The first-order valence-electron chi connectivity index (χ1n) is 25.6. The summed E-state index contributed by atoms with van der Waals surface area (Å²) in [5, 5.41) is 21.0. The van der Waals surface area contributed by atoms with Crippen molar-refractivity contribution in [3.05, 3.63) is 0 Å². The van der Waals surface area contributed by atoms with Gasteiger partial charge >= 0.3 is 18.2 Å². The van der Waals surface area contributed by atoms with Crippen LogP contribution in [0.15, 0.2) is 0 Å². The van der Waals surface area contributed by atoms with Crippen LogP contribution in [-0.2, 0) is 25.2 Å². The molecule has 33 radical (unpaired) electrons. The third kappa shape index (κ3) is 33.9. The second kappa shape index (κ2) is 43.4. The maximum absolute atomic E-state index is 12.2. The zero-order valence-corrected chi connectivity index (χ0v) is 49.9. The topological polar surface area (TPSA) is 76.0 Å². The second-order valence-electron chi connectivity index (χ2n) is 19.5. The number of nitrogens with zero attached hydrogens (tertiary/aromatic N) is 2. The van der Waals surface area contributed by atoms with E-state index < -0.39 is 127 Å². The summed E-state index contributed by atoms with van der Waals surface area (Å²) in [4.78, 5) is 14.5. The predicted octanol–water partition coefficient (Wildman–Crippen LogP) is -4.11. The molecule has 48 heteroatoms. The fourth-order valence-electron chi connectivity index (χ4n) is 8.01. The van der Waals surface area contributed by atoms with Gasteiger partial charge in [0.05, 0.1) is 0 Å². The van der Waals surface area contributed by atoms with E-state index in [2.05, 4.69) is 10.2 Å². The number of aliphatic hydroxyl groups is 2. The molecule has 3 saturated heterocycles. The van der Waals surface area contributed by atoms with Crippen molar-refractivity contribution >= 4 is 234 Å². The smallest absolute Gasteiger partial charge is 0.380 e. The van der Waals surface area contributed by atoms with Gasteiger partial charge in [0.25, 0.3) is 0 Å². The van der Waals surface area contributed by atoms with E-state index in [1.807, 2.05) is 48.6 Å². The molecular weight excluding hydrogens is 1080 g/mol. The summed E-state index contributed by atoms with van der Waals surface area (Å²) in [5.74, 6) is -3.50. The molecule has 3 aliphatic rings. The third-order valence-electron chi connectivity index (χ3n) is 12.7. The predicted molar refractivity (Wildman–Crippen MR) is 347 cm³/mol. The SMILES string of the molecule is CC.CC.CC.CN1CCC(=O)CC1.CN1CCC(O)(C(F)(F)F)CC1.C[Si](C)(C)C(F)(F)F.OC1(C(F)(F)F)CCNCC1.[B][B]B([B])B(B([B])[B])B(B(B([B])[B])B([B])[B])B(B(B([B])[B])B([B])[B])B(B([B])[B])B([B])[B].[HH].[Pd]. The van der Waals surface area contributed by atoms with E-state index in [4.69, 9.17) is 129 Å². The maximum Gasteiger partial charge on any atom is 0.417 e. The van der Waals surface area contributed by atoms with Crippen LogP contribution >= 0.6 is 0 Å². The largest absolute Gasteiger partial charge is 0.417 e. The minimum Gasteiger partial charge on any atom is -0.380 e. The normalized spacial score (nSPS) is 15.6. The van der Waals surface area contributed by atoms with Crippen LogP contribution in [-0.4, -0.2) is 337 Å². The molecule has 3 rings (SSSR count). The summed E-state index contributed by atoms with van der Waals surface area (Å²) in [6, 6.07) is 0. The van der Waals surface area contributed by atoms with Crippen LogP contribution < -0.4 is 5.32 Å². The van der Waals surface area contributed by atoms with Crippen molar-refractivity contribution in [3.8, 4) is 0 Å². The van der Waals surface area contributed by atoms with E-state index in [1.54, 1.807) is 11.9 Å². The number of hydrogen-bond acceptors (Lipinski definition) is 6. The Balaban J connectivity index is -0.000000176. The van der Waals surface area contributed by atoms with Gasteiger partial charge in [0.15, 0.2) is 19.3 Å². The van der Waals surface area contributed by atoms with E-state index in [9.17, 15) is 49.4 Å². The number of likely N-dealkylation sites (tertiary alicyclic amines) is 2. The second-order valence-corrected chi connectivity index (χ2v) is 24.5. The Morgan fingerprint density at radius 1 is 0.506 bits per heavy atom. The Bertz CT molecular complexity index is 1410. The van der Waals surface area contributed by atoms with Gasteiger partial charge in [0.1, 0.15) is 5.78 Å². The van der Waals surface area contributed by atoms with E-state index >= 15 is 0 Å². The van der Waals surface area contributed by atoms with Gasteiger partial charge in [0.2, 0.25) is 0 Å². The Hall–Kier alpha value is 1.73. The molecule has 0 aromatic carbocycles. The molecule has 381 valence electrons. The van der Waals surface area contributed by atoms with Crippen molar-refractivity contribution in [1.29, 1.82) is 0 Å². The molecule has 0 aromatic heterocycles. The standard InChI is InChI=1S/C7H12F3NO.C6H10F3NO.C6H11NO.C4H9F3Si.3C2H6.B31.Pd.H2/c1-11-4-2-6(12,3-5-11)7(8,9)10;7-6(8,9)5(11)1-3-10-4-2-5;1-7-4-2-6(8)3-5-7;1-8(2,3)4(5,6)7;3*1-2;1-17-25(16)29(24(14)15)31(28(22(10)11)23(12)13)30(26(18(2)3)19(4)5)27(20(6)7)21(8)9;;/h12H,2-5H2,1H3;10-11H,1-4H2;2-5H2,1H3;1-3H3;3*1-2H3;;;1H. The number of nitrogens with one attached hydrogen (secondary N) is 1. The number of hydrogen-bond donors (Lipinski definition) is 3. The number of halogens is 9. The van der Waals surface area contributed by atoms with Crippen LogP contribution in [0.25, 0.3) is 0 Å². The molecule has 3 aliphatic heterocycles. The van der Waals surface area contributed by atoms with E-state index in [0.717, 1.165) is 25.9 Å². The van der Waals surface area contributed by atoms with Crippen LogP contribution in [0.1, 0.15) is 81.5 Å². The first-order chi connectivity index (χ1) is 34.5. The van der Waals surface area contributed by atoms with E-state index in [0.29, 0.717) is 18.9 Å². The average molecular weight is 1140 g/mol. The Morgan fingerprint density at radius 2 is 0.740 bits per heavy atom. The summed E-state index contributed by atoms with van der Waals surface area (Å²) < 4.78 is 108. The molecule has 0 aliphatic carbocycles. The van der Waals surface area contributed by atoms with Gasteiger partial charge in [0, 0.05) is 281 Å². The fraction of sp³-hybridized carbons (Fsp3) is 0.966. The van der Waals surface area contributed by atoms with Crippen molar-refractivity contribution in [2.75, 3.05) is 53.4 Å². The van der Waals surface area contributed by atoms with Gasteiger partial charge in [-0.1, -0.05) is 61.2 Å². The molecule has 0 saturated carbocycles. The molecule has 0 bridgehead atoms. The summed E-state index contributed by atoms with van der Waals surface area (Å²) in [7, 11) is 99.0. The molecule has 0 amide bonds. The Morgan fingerprint density at radius 3 is 0.935 bits per heavy atom. The number of rotatable bonds is 14. The van der Waals surface area contributed by atoms with Gasteiger partial charge in [-0.3, -0.25) is 4.79 Å². The van der Waals surface area contributed by atoms with Gasteiger partial charge in [-0.05, 0) is 52.9 Å². The molecule has 3 fully saturated rings. The number of carbonyl (C=O) groups is 1. The fourth-order valence-corrected chi connectivity index (χ4v) is 8.01. The molecule has 0 atom stereocenters. The van der Waals surface area contributed by atoms with E-state index in [-0.39, 0.29) is 60.6 Å². The molecule has 6 nitrogen and oxygen atoms in total. The monoisotopic (exact) mass is 1150 g/mol. The van der Waals surface area contributed by atoms with E-state index in [1.165, 1.54) is 26.7 Å². The Kier molecular flexibility index (Phi) is 50.6. The third-order valence-corrected chi connectivity index (χ3v) is 14.4. The molecule has 0 spiro atoms. The van der Waals surface area contributed by atoms with Gasteiger partial charge < -0.3 is 25.3 Å². The van der Waals surface area contributed by atoms with Crippen molar-refractivity contribution < 1.29 is 76.4 Å². The minimum absolute atomic E-state index is 0. The van der Waals surface area contributed by atoms with Crippen LogP contribution in [0, 0.1) is 0 Å². The number of alkyl halides is 9. The minimum atomic E-state index is -4.48. The van der Waals surface area contributed by atoms with Crippen LogP contribution in [0.4, 0.5) is 39.5 Å². The molecule has 0 aromatic rings. The van der Waals surface area contributed by atoms with Gasteiger partial charge in [-0.25, -0.2) is 0 Å². The molecule has 0 unspecified atom stereocenters. The first kappa shape index (κ1) is 89.9. The van der Waals surface area contributed by atoms with Crippen molar-refractivity contribution in [3.63, 3.8) is 0 Å². The summed E-state index contributed by atoms with van der Waals surface area (Å²) in [6.07, 6.45) is -21.7. The van der Waals surface area contributed by atoms with Crippen molar-refractivity contribution in [2.45, 2.75) is 129 Å². The summed E-state index contributed by atoms with van der Waals surface area (Å²) in [5.41, 5.74) is -4.89. The number of piperidine rings is 3. The summed E-state index contributed by atoms with van der Waals surface area (Å²) >= 11 is 0. The average Bonchev–Trinajstić information content (AvgIpc) is 3.28. The molecule has 3 heterocycles. The quantitative estimate of drug-likeness (QED) is 0.122. The molecule has 77 heavy (non-hydrogen) atoms.